The maximum atomic E-state index is 13.0. The SMILES string of the molecule is N#Cc1c(COc2ccccc2C(F)(F)F)cn2ccccc12. The molecule has 2 aromatic heterocycles. The number of aromatic nitrogens is 1. The summed E-state index contributed by atoms with van der Waals surface area (Å²) in [5, 5.41) is 9.29. The molecule has 0 unspecified atom stereocenters. The minimum absolute atomic E-state index is 0.113. The Hall–Kier alpha value is -2.94. The van der Waals surface area contributed by atoms with Crippen molar-refractivity contribution in [3.63, 3.8) is 0 Å². The van der Waals surface area contributed by atoms with Gasteiger partial charge in [-0.25, -0.2) is 0 Å². The third-order valence-electron chi connectivity index (χ3n) is 3.45. The number of halogens is 3. The molecule has 0 fully saturated rings. The van der Waals surface area contributed by atoms with Crippen molar-refractivity contribution in [3.8, 4) is 11.8 Å². The van der Waals surface area contributed by atoms with Gasteiger partial charge in [0, 0.05) is 18.0 Å². The van der Waals surface area contributed by atoms with Gasteiger partial charge < -0.3 is 9.14 Å². The summed E-state index contributed by atoms with van der Waals surface area (Å²) in [4.78, 5) is 0. The van der Waals surface area contributed by atoms with E-state index >= 15 is 0 Å². The zero-order valence-electron chi connectivity index (χ0n) is 11.8. The number of para-hydroxylation sites is 1. The molecule has 1 aromatic carbocycles. The monoisotopic (exact) mass is 316 g/mol. The summed E-state index contributed by atoms with van der Waals surface area (Å²) >= 11 is 0. The van der Waals surface area contributed by atoms with Crippen molar-refractivity contribution in [1.29, 1.82) is 5.26 Å². The number of pyridine rings is 1. The van der Waals surface area contributed by atoms with Crippen LogP contribution in [-0.2, 0) is 12.8 Å². The fourth-order valence-electron chi connectivity index (χ4n) is 2.40. The van der Waals surface area contributed by atoms with Gasteiger partial charge in [0.05, 0.1) is 16.6 Å². The van der Waals surface area contributed by atoms with Crippen LogP contribution in [-0.4, -0.2) is 4.40 Å². The molecule has 6 heteroatoms. The number of nitrogens with zero attached hydrogens (tertiary/aromatic N) is 2. The summed E-state index contributed by atoms with van der Waals surface area (Å²) in [7, 11) is 0. The average molecular weight is 316 g/mol. The lowest BCUT2D eigenvalue weighted by atomic mass is 10.2. The van der Waals surface area contributed by atoms with Crippen LogP contribution in [0.1, 0.15) is 16.7 Å². The lowest BCUT2D eigenvalue weighted by molar-refractivity contribution is -0.139. The highest BCUT2D eigenvalue weighted by molar-refractivity contribution is 5.65. The molecule has 23 heavy (non-hydrogen) atoms. The topological polar surface area (TPSA) is 37.4 Å². The van der Waals surface area contributed by atoms with Crippen molar-refractivity contribution in [2.45, 2.75) is 12.8 Å². The van der Waals surface area contributed by atoms with Crippen molar-refractivity contribution in [2.24, 2.45) is 0 Å². The summed E-state index contributed by atoms with van der Waals surface area (Å²) in [5.41, 5.74) is 0.797. The van der Waals surface area contributed by atoms with Crippen LogP contribution in [0.5, 0.6) is 5.75 Å². The lowest BCUT2D eigenvalue weighted by Gasteiger charge is -2.13. The summed E-state index contributed by atoms with van der Waals surface area (Å²) in [5.74, 6) is -0.251. The minimum Gasteiger partial charge on any atom is -0.488 e. The maximum Gasteiger partial charge on any atom is 0.419 e. The van der Waals surface area contributed by atoms with Crippen molar-refractivity contribution in [3.05, 3.63) is 71.5 Å². The molecule has 0 aliphatic rings. The first kappa shape index (κ1) is 15.0. The van der Waals surface area contributed by atoms with E-state index in [-0.39, 0.29) is 12.4 Å². The van der Waals surface area contributed by atoms with Crippen LogP contribution >= 0.6 is 0 Å². The molecule has 0 spiro atoms. The Bertz CT molecular complexity index is 891. The molecule has 0 bridgehead atoms. The van der Waals surface area contributed by atoms with Crippen LogP contribution in [0.3, 0.4) is 0 Å². The summed E-state index contributed by atoms with van der Waals surface area (Å²) in [6.45, 7) is -0.113. The molecule has 3 aromatic rings. The molecule has 0 amide bonds. The highest BCUT2D eigenvalue weighted by Gasteiger charge is 2.34. The molecule has 0 radical (unpaired) electrons. The maximum absolute atomic E-state index is 13.0. The second-order valence-corrected chi connectivity index (χ2v) is 4.92. The first-order chi connectivity index (χ1) is 11.0. The molecule has 0 aliphatic heterocycles. The average Bonchev–Trinajstić information content (AvgIpc) is 2.89. The predicted octanol–water partition coefficient (Wildman–Crippen LogP) is 4.41. The van der Waals surface area contributed by atoms with Gasteiger partial charge in [0.2, 0.25) is 0 Å². The number of hydrogen-bond donors (Lipinski definition) is 0. The van der Waals surface area contributed by atoms with Crippen molar-refractivity contribution in [1.82, 2.24) is 4.40 Å². The smallest absolute Gasteiger partial charge is 0.419 e. The number of benzene rings is 1. The minimum atomic E-state index is -4.49. The van der Waals surface area contributed by atoms with Gasteiger partial charge in [0.25, 0.3) is 0 Å². The number of ether oxygens (including phenoxy) is 1. The molecule has 0 aliphatic carbocycles. The normalized spacial score (nSPS) is 11.4. The zero-order valence-corrected chi connectivity index (χ0v) is 11.8. The Morgan fingerprint density at radius 1 is 1.09 bits per heavy atom. The van der Waals surface area contributed by atoms with Gasteiger partial charge in [-0.15, -0.1) is 0 Å². The number of rotatable bonds is 3. The van der Waals surface area contributed by atoms with Gasteiger partial charge in [-0.05, 0) is 24.3 Å². The Morgan fingerprint density at radius 2 is 1.83 bits per heavy atom. The van der Waals surface area contributed by atoms with E-state index in [1.807, 2.05) is 0 Å². The van der Waals surface area contributed by atoms with Crippen LogP contribution < -0.4 is 4.74 Å². The van der Waals surface area contributed by atoms with Crippen LogP contribution in [0.4, 0.5) is 13.2 Å². The number of hydrogen-bond acceptors (Lipinski definition) is 2. The van der Waals surface area contributed by atoms with Gasteiger partial charge in [0.15, 0.2) is 0 Å². The summed E-state index contributed by atoms with van der Waals surface area (Å²) < 4.78 is 45.9. The van der Waals surface area contributed by atoms with Crippen LogP contribution in [0.15, 0.2) is 54.9 Å². The van der Waals surface area contributed by atoms with E-state index in [4.69, 9.17) is 4.74 Å². The van der Waals surface area contributed by atoms with Crippen LogP contribution in [0.2, 0.25) is 0 Å². The van der Waals surface area contributed by atoms with Crippen molar-refractivity contribution >= 4 is 5.52 Å². The largest absolute Gasteiger partial charge is 0.488 e. The van der Waals surface area contributed by atoms with E-state index in [9.17, 15) is 18.4 Å². The Kier molecular flexibility index (Phi) is 3.70. The van der Waals surface area contributed by atoms with Crippen LogP contribution in [0, 0.1) is 11.3 Å². The van der Waals surface area contributed by atoms with Gasteiger partial charge >= 0.3 is 6.18 Å². The quantitative estimate of drug-likeness (QED) is 0.718. The Balaban J connectivity index is 1.92. The molecule has 3 nitrogen and oxygen atoms in total. The fraction of sp³-hybridized carbons (Fsp3) is 0.118. The molecular weight excluding hydrogens is 305 g/mol. The first-order valence-corrected chi connectivity index (χ1v) is 6.78. The van der Waals surface area contributed by atoms with E-state index in [1.165, 1.54) is 18.2 Å². The number of alkyl halides is 3. The molecular formula is C17H11F3N2O. The standard InChI is InChI=1S/C17H11F3N2O/c18-17(19,20)14-5-1-2-7-16(14)23-11-12-10-22-8-4-3-6-15(22)13(12)9-21/h1-8,10H,11H2. The molecule has 0 N–H and O–H groups in total. The third kappa shape index (κ3) is 2.86. The van der Waals surface area contributed by atoms with Gasteiger partial charge in [0.1, 0.15) is 18.4 Å². The molecule has 0 atom stereocenters. The van der Waals surface area contributed by atoms with Crippen molar-refractivity contribution < 1.29 is 17.9 Å². The van der Waals surface area contributed by atoms with E-state index < -0.39 is 11.7 Å². The number of nitriles is 1. The Morgan fingerprint density at radius 3 is 2.57 bits per heavy atom. The molecule has 0 saturated carbocycles. The molecule has 3 rings (SSSR count). The van der Waals surface area contributed by atoms with Gasteiger partial charge in [-0.1, -0.05) is 18.2 Å². The third-order valence-corrected chi connectivity index (χ3v) is 3.45. The lowest BCUT2D eigenvalue weighted by Crippen LogP contribution is -2.08. The molecule has 0 saturated heterocycles. The fourth-order valence-corrected chi connectivity index (χ4v) is 2.40. The van der Waals surface area contributed by atoms with Gasteiger partial charge in [-0.3, -0.25) is 0 Å². The second-order valence-electron chi connectivity index (χ2n) is 4.92. The highest BCUT2D eigenvalue weighted by Crippen LogP contribution is 2.36. The first-order valence-electron chi connectivity index (χ1n) is 6.78. The van der Waals surface area contributed by atoms with E-state index in [0.717, 1.165) is 6.07 Å². The summed E-state index contributed by atoms with van der Waals surface area (Å²) in [6.07, 6.45) is -1.03. The second kappa shape index (κ2) is 5.69. The van der Waals surface area contributed by atoms with E-state index in [1.54, 1.807) is 35.0 Å². The van der Waals surface area contributed by atoms with E-state index in [0.29, 0.717) is 16.6 Å². The van der Waals surface area contributed by atoms with Crippen LogP contribution in [0.25, 0.3) is 5.52 Å². The predicted molar refractivity (Wildman–Crippen MR) is 77.9 cm³/mol. The molecule has 116 valence electrons. The molecule has 2 heterocycles. The summed E-state index contributed by atoms with van der Waals surface area (Å²) in [6, 6.07) is 12.5. The number of fused-ring (bicyclic) bond motifs is 1. The van der Waals surface area contributed by atoms with Crippen molar-refractivity contribution in [2.75, 3.05) is 0 Å². The zero-order chi connectivity index (χ0) is 16.4. The van der Waals surface area contributed by atoms with E-state index in [2.05, 4.69) is 6.07 Å². The highest BCUT2D eigenvalue weighted by atomic mass is 19.4. The Labute approximate surface area is 130 Å². The van der Waals surface area contributed by atoms with Gasteiger partial charge in [-0.2, -0.15) is 18.4 Å².